The first kappa shape index (κ1) is 19.2. The summed E-state index contributed by atoms with van der Waals surface area (Å²) in [6.07, 6.45) is 1.57. The van der Waals surface area contributed by atoms with Gasteiger partial charge in [-0.3, -0.25) is 19.3 Å². The van der Waals surface area contributed by atoms with Crippen LogP contribution in [0.2, 0.25) is 0 Å². The van der Waals surface area contributed by atoms with E-state index >= 15 is 0 Å². The van der Waals surface area contributed by atoms with E-state index in [1.807, 2.05) is 24.0 Å². The fourth-order valence-electron chi connectivity index (χ4n) is 4.23. The Hall–Kier alpha value is -3.15. The second-order valence-corrected chi connectivity index (χ2v) is 7.49. The Morgan fingerprint density at radius 2 is 1.79 bits per heavy atom. The van der Waals surface area contributed by atoms with Crippen LogP contribution in [0.3, 0.4) is 0 Å². The first-order chi connectivity index (χ1) is 14.0. The van der Waals surface area contributed by atoms with E-state index < -0.39 is 0 Å². The highest BCUT2D eigenvalue weighted by molar-refractivity contribution is 6.21. The second kappa shape index (κ2) is 7.70. The monoisotopic (exact) mass is 392 g/mol. The third-order valence-electron chi connectivity index (χ3n) is 5.86. The molecule has 0 fully saturated rings. The molecule has 0 saturated carbocycles. The number of hydrogen-bond donors (Lipinski definition) is 0. The minimum Gasteiger partial charge on any atom is -0.497 e. The van der Waals surface area contributed by atoms with Crippen LogP contribution >= 0.6 is 0 Å². The number of carbonyl (C=O) groups is 3. The van der Waals surface area contributed by atoms with Crippen LogP contribution in [-0.2, 0) is 11.2 Å². The van der Waals surface area contributed by atoms with Crippen LogP contribution in [0.1, 0.15) is 57.7 Å². The average molecular weight is 392 g/mol. The van der Waals surface area contributed by atoms with Gasteiger partial charge >= 0.3 is 0 Å². The van der Waals surface area contributed by atoms with Crippen molar-refractivity contribution in [2.75, 3.05) is 20.2 Å². The molecule has 2 aliphatic heterocycles. The summed E-state index contributed by atoms with van der Waals surface area (Å²) < 4.78 is 5.32. The lowest BCUT2D eigenvalue weighted by molar-refractivity contribution is -0.133. The quantitative estimate of drug-likeness (QED) is 0.733. The average Bonchev–Trinajstić information content (AvgIpc) is 2.99. The van der Waals surface area contributed by atoms with Gasteiger partial charge in [0.15, 0.2) is 0 Å². The van der Waals surface area contributed by atoms with Crippen molar-refractivity contribution in [2.24, 2.45) is 0 Å². The van der Waals surface area contributed by atoms with Gasteiger partial charge in [-0.2, -0.15) is 0 Å². The number of fused-ring (bicyclic) bond motifs is 2. The number of carbonyl (C=O) groups excluding carboxylic acids is 3. The fourth-order valence-corrected chi connectivity index (χ4v) is 4.23. The Labute approximate surface area is 170 Å². The normalized spacial score (nSPS) is 17.9. The number of imide groups is 1. The summed E-state index contributed by atoms with van der Waals surface area (Å²) in [6, 6.07) is 12.8. The highest BCUT2D eigenvalue weighted by Crippen LogP contribution is 2.32. The third-order valence-corrected chi connectivity index (χ3v) is 5.86. The first-order valence-electron chi connectivity index (χ1n) is 9.92. The Kier molecular flexibility index (Phi) is 5.09. The predicted octanol–water partition coefficient (Wildman–Crippen LogP) is 3.22. The van der Waals surface area contributed by atoms with Gasteiger partial charge in [-0.05, 0) is 55.2 Å². The molecule has 1 unspecified atom stereocenters. The number of ether oxygens (including phenoxy) is 1. The van der Waals surface area contributed by atoms with Gasteiger partial charge in [0.2, 0.25) is 5.91 Å². The lowest BCUT2D eigenvalue weighted by Crippen LogP contribution is -2.39. The van der Waals surface area contributed by atoms with Gasteiger partial charge in [0.1, 0.15) is 5.75 Å². The standard InChI is InChI=1S/C23H24N2O4/c1-15-20-14-17(29-2)10-9-16(20)11-13-24(15)21(26)8-5-12-25-22(27)18-6-3-4-7-19(18)23(25)28/h3-4,6-7,9-10,14-15H,5,8,11-13H2,1-2H3. The van der Waals surface area contributed by atoms with Crippen molar-refractivity contribution in [2.45, 2.75) is 32.2 Å². The number of hydrogen-bond acceptors (Lipinski definition) is 4. The Balaban J connectivity index is 1.37. The molecule has 0 bridgehead atoms. The van der Waals surface area contributed by atoms with E-state index in [1.165, 1.54) is 10.5 Å². The molecule has 3 amide bonds. The highest BCUT2D eigenvalue weighted by Gasteiger charge is 2.35. The molecule has 0 aromatic heterocycles. The van der Waals surface area contributed by atoms with E-state index in [4.69, 9.17) is 4.74 Å². The first-order valence-corrected chi connectivity index (χ1v) is 9.92. The molecule has 2 heterocycles. The molecule has 29 heavy (non-hydrogen) atoms. The summed E-state index contributed by atoms with van der Waals surface area (Å²) in [4.78, 5) is 40.8. The van der Waals surface area contributed by atoms with Crippen LogP contribution in [0.25, 0.3) is 0 Å². The van der Waals surface area contributed by atoms with E-state index in [2.05, 4.69) is 6.07 Å². The van der Waals surface area contributed by atoms with E-state index in [9.17, 15) is 14.4 Å². The molecule has 150 valence electrons. The third kappa shape index (κ3) is 3.39. The van der Waals surface area contributed by atoms with Gasteiger partial charge in [-0.1, -0.05) is 18.2 Å². The molecule has 0 aliphatic carbocycles. The topological polar surface area (TPSA) is 66.9 Å². The maximum absolute atomic E-state index is 12.8. The van der Waals surface area contributed by atoms with Gasteiger partial charge in [0.05, 0.1) is 24.3 Å². The Morgan fingerprint density at radius 3 is 2.45 bits per heavy atom. The lowest BCUT2D eigenvalue weighted by Gasteiger charge is -2.35. The molecule has 6 nitrogen and oxygen atoms in total. The van der Waals surface area contributed by atoms with Crippen LogP contribution in [0, 0.1) is 0 Å². The summed E-state index contributed by atoms with van der Waals surface area (Å²) in [7, 11) is 1.64. The summed E-state index contributed by atoms with van der Waals surface area (Å²) >= 11 is 0. The highest BCUT2D eigenvalue weighted by atomic mass is 16.5. The molecule has 0 N–H and O–H groups in total. The molecule has 2 aliphatic rings. The number of nitrogens with zero attached hydrogens (tertiary/aromatic N) is 2. The Morgan fingerprint density at radius 1 is 1.10 bits per heavy atom. The van der Waals surface area contributed by atoms with E-state index in [0.717, 1.165) is 17.7 Å². The zero-order valence-electron chi connectivity index (χ0n) is 16.7. The zero-order valence-corrected chi connectivity index (χ0v) is 16.7. The van der Waals surface area contributed by atoms with Crippen molar-refractivity contribution in [3.63, 3.8) is 0 Å². The molecular weight excluding hydrogens is 368 g/mol. The van der Waals surface area contributed by atoms with Gasteiger partial charge in [-0.15, -0.1) is 0 Å². The maximum atomic E-state index is 12.8. The van der Waals surface area contributed by atoms with Gasteiger partial charge in [0.25, 0.3) is 11.8 Å². The van der Waals surface area contributed by atoms with Gasteiger partial charge < -0.3 is 9.64 Å². The van der Waals surface area contributed by atoms with Gasteiger partial charge in [0, 0.05) is 19.5 Å². The number of methoxy groups -OCH3 is 1. The lowest BCUT2D eigenvalue weighted by atomic mass is 9.93. The van der Waals surface area contributed by atoms with Crippen molar-refractivity contribution in [1.29, 1.82) is 0 Å². The molecule has 2 aromatic carbocycles. The summed E-state index contributed by atoms with van der Waals surface area (Å²) in [5, 5.41) is 0. The van der Waals surface area contributed by atoms with Crippen molar-refractivity contribution in [1.82, 2.24) is 9.80 Å². The Bertz CT molecular complexity index is 950. The summed E-state index contributed by atoms with van der Waals surface area (Å²) in [5.74, 6) is 0.286. The molecule has 4 rings (SSSR count). The predicted molar refractivity (Wildman–Crippen MR) is 108 cm³/mol. The SMILES string of the molecule is COc1ccc2c(c1)C(C)N(C(=O)CCCN1C(=O)c3ccccc3C1=O)CC2. The number of benzene rings is 2. The summed E-state index contributed by atoms with van der Waals surface area (Å²) in [5.41, 5.74) is 3.25. The van der Waals surface area contributed by atoms with Crippen molar-refractivity contribution in [3.05, 3.63) is 64.7 Å². The molecule has 6 heteroatoms. The van der Waals surface area contributed by atoms with Crippen LogP contribution in [0.15, 0.2) is 42.5 Å². The van der Waals surface area contributed by atoms with E-state index in [0.29, 0.717) is 30.5 Å². The van der Waals surface area contributed by atoms with E-state index in [1.54, 1.807) is 31.4 Å². The van der Waals surface area contributed by atoms with Crippen LogP contribution in [0.5, 0.6) is 5.75 Å². The molecule has 0 spiro atoms. The second-order valence-electron chi connectivity index (χ2n) is 7.49. The summed E-state index contributed by atoms with van der Waals surface area (Å²) in [6.45, 7) is 2.95. The molecule has 0 saturated heterocycles. The van der Waals surface area contributed by atoms with Crippen molar-refractivity contribution in [3.8, 4) is 5.75 Å². The molecule has 1 atom stereocenters. The molecule has 2 aromatic rings. The van der Waals surface area contributed by atoms with Gasteiger partial charge in [-0.25, -0.2) is 0 Å². The largest absolute Gasteiger partial charge is 0.497 e. The number of amides is 3. The smallest absolute Gasteiger partial charge is 0.261 e. The van der Waals surface area contributed by atoms with Crippen molar-refractivity contribution < 1.29 is 19.1 Å². The minimum atomic E-state index is -0.273. The van der Waals surface area contributed by atoms with Crippen LogP contribution < -0.4 is 4.74 Å². The minimum absolute atomic E-state index is 0.0272. The van der Waals surface area contributed by atoms with Crippen LogP contribution in [-0.4, -0.2) is 47.7 Å². The molecule has 0 radical (unpaired) electrons. The zero-order chi connectivity index (χ0) is 20.5. The molecular formula is C23H24N2O4. The van der Waals surface area contributed by atoms with Crippen molar-refractivity contribution >= 4 is 17.7 Å². The van der Waals surface area contributed by atoms with E-state index in [-0.39, 0.29) is 30.3 Å². The maximum Gasteiger partial charge on any atom is 0.261 e. The van der Waals surface area contributed by atoms with Crippen LogP contribution in [0.4, 0.5) is 0 Å². The number of rotatable bonds is 5. The fraction of sp³-hybridized carbons (Fsp3) is 0.348.